The Balaban J connectivity index is 2.07. The highest BCUT2D eigenvalue weighted by atomic mass is 32.1. The maximum Gasteiger partial charge on any atom is 0.124 e. The molecule has 0 aliphatic carbocycles. The Morgan fingerprint density at radius 3 is 2.56 bits per heavy atom. The summed E-state index contributed by atoms with van der Waals surface area (Å²) in [5.74, 6) is 0.817. The van der Waals surface area contributed by atoms with Crippen LogP contribution in [0.1, 0.15) is 16.6 Å². The van der Waals surface area contributed by atoms with E-state index in [0.717, 1.165) is 28.1 Å². The summed E-state index contributed by atoms with van der Waals surface area (Å²) in [4.78, 5) is 7.82. The molecule has 18 heavy (non-hydrogen) atoms. The number of aromatic amines is 1. The summed E-state index contributed by atoms with van der Waals surface area (Å²) < 4.78 is 0. The molecule has 3 N–H and O–H groups in total. The maximum absolute atomic E-state index is 5.96. The molecule has 90 valence electrons. The Labute approximate surface area is 110 Å². The zero-order chi connectivity index (χ0) is 12.5. The summed E-state index contributed by atoms with van der Waals surface area (Å²) in [5, 5.41) is -0.140. The van der Waals surface area contributed by atoms with E-state index in [0.29, 0.717) is 0 Å². The van der Waals surface area contributed by atoms with Gasteiger partial charge in [0, 0.05) is 5.69 Å². The van der Waals surface area contributed by atoms with Gasteiger partial charge in [0.2, 0.25) is 0 Å². The molecule has 3 aromatic rings. The van der Waals surface area contributed by atoms with E-state index in [9.17, 15) is 0 Å². The van der Waals surface area contributed by atoms with Gasteiger partial charge in [0.1, 0.15) is 5.82 Å². The standard InChI is InChI=1S/C14H13N3S/c15-10-6-2-1-5-9(10)13(18)14-16-11-7-3-4-8-12(11)17-14/h1-8,13,18H,15H2,(H,16,17). The summed E-state index contributed by atoms with van der Waals surface area (Å²) in [7, 11) is 0. The van der Waals surface area contributed by atoms with Gasteiger partial charge < -0.3 is 10.7 Å². The molecule has 0 spiro atoms. The van der Waals surface area contributed by atoms with Crippen LogP contribution in [-0.4, -0.2) is 9.97 Å². The van der Waals surface area contributed by atoms with Crippen molar-refractivity contribution in [1.29, 1.82) is 0 Å². The number of aromatic nitrogens is 2. The number of benzene rings is 2. The average molecular weight is 255 g/mol. The van der Waals surface area contributed by atoms with Crippen molar-refractivity contribution >= 4 is 29.3 Å². The highest BCUT2D eigenvalue weighted by molar-refractivity contribution is 7.80. The highest BCUT2D eigenvalue weighted by Crippen LogP contribution is 2.31. The van der Waals surface area contributed by atoms with Crippen molar-refractivity contribution in [3.63, 3.8) is 0 Å². The van der Waals surface area contributed by atoms with Gasteiger partial charge in [-0.1, -0.05) is 30.3 Å². The lowest BCUT2D eigenvalue weighted by Crippen LogP contribution is -2.00. The molecule has 4 heteroatoms. The molecule has 0 saturated heterocycles. The topological polar surface area (TPSA) is 54.7 Å². The number of para-hydroxylation sites is 3. The fourth-order valence-corrected chi connectivity index (χ4v) is 2.37. The number of fused-ring (bicyclic) bond motifs is 1. The molecular weight excluding hydrogens is 242 g/mol. The lowest BCUT2D eigenvalue weighted by molar-refractivity contribution is 1.02. The summed E-state index contributed by atoms with van der Waals surface area (Å²) in [6.45, 7) is 0. The summed E-state index contributed by atoms with van der Waals surface area (Å²) in [6.07, 6.45) is 0. The second kappa shape index (κ2) is 4.38. The van der Waals surface area contributed by atoms with Crippen LogP contribution in [0.25, 0.3) is 11.0 Å². The molecule has 0 saturated carbocycles. The Bertz CT molecular complexity index is 657. The fourth-order valence-electron chi connectivity index (χ4n) is 2.01. The summed E-state index contributed by atoms with van der Waals surface area (Å²) >= 11 is 4.62. The predicted octanol–water partition coefficient (Wildman–Crippen LogP) is 3.16. The van der Waals surface area contributed by atoms with Gasteiger partial charge in [0.05, 0.1) is 16.3 Å². The van der Waals surface area contributed by atoms with Crippen LogP contribution in [0.4, 0.5) is 5.69 Å². The molecule has 1 atom stereocenters. The minimum absolute atomic E-state index is 0.140. The maximum atomic E-state index is 5.96. The number of rotatable bonds is 2. The van der Waals surface area contributed by atoms with Crippen LogP contribution in [0, 0.1) is 0 Å². The van der Waals surface area contributed by atoms with Crippen LogP contribution in [0.3, 0.4) is 0 Å². The minimum Gasteiger partial charge on any atom is -0.398 e. The molecule has 0 aliphatic heterocycles. The van der Waals surface area contributed by atoms with Crippen molar-refractivity contribution in [1.82, 2.24) is 9.97 Å². The molecule has 1 aromatic heterocycles. The van der Waals surface area contributed by atoms with Crippen molar-refractivity contribution in [2.75, 3.05) is 5.73 Å². The van der Waals surface area contributed by atoms with Crippen LogP contribution in [0.5, 0.6) is 0 Å². The Hall–Kier alpha value is -1.94. The van der Waals surface area contributed by atoms with Gasteiger partial charge in [-0.05, 0) is 23.8 Å². The SMILES string of the molecule is Nc1ccccc1C(S)c1nc2ccccc2[nH]1. The first-order chi connectivity index (χ1) is 8.75. The first kappa shape index (κ1) is 11.2. The number of hydrogen-bond acceptors (Lipinski definition) is 3. The number of nitrogens with zero attached hydrogens (tertiary/aromatic N) is 1. The van der Waals surface area contributed by atoms with Gasteiger partial charge in [-0.3, -0.25) is 0 Å². The third-order valence-corrected chi connectivity index (χ3v) is 3.48. The molecule has 0 bridgehead atoms. The minimum atomic E-state index is -0.140. The van der Waals surface area contributed by atoms with Gasteiger partial charge >= 0.3 is 0 Å². The van der Waals surface area contributed by atoms with E-state index in [-0.39, 0.29) is 5.25 Å². The number of H-pyrrole nitrogens is 1. The number of hydrogen-bond donors (Lipinski definition) is 3. The first-order valence-electron chi connectivity index (χ1n) is 5.73. The molecule has 3 nitrogen and oxygen atoms in total. The number of nitrogens with one attached hydrogen (secondary N) is 1. The molecule has 0 amide bonds. The third-order valence-electron chi connectivity index (χ3n) is 2.96. The molecule has 2 aromatic carbocycles. The molecular formula is C14H13N3S. The van der Waals surface area contributed by atoms with Gasteiger partial charge in [0.25, 0.3) is 0 Å². The molecule has 0 fully saturated rings. The van der Waals surface area contributed by atoms with E-state index >= 15 is 0 Å². The van der Waals surface area contributed by atoms with E-state index in [1.165, 1.54) is 0 Å². The second-order valence-electron chi connectivity index (χ2n) is 4.17. The summed E-state index contributed by atoms with van der Waals surface area (Å²) in [6, 6.07) is 15.6. The van der Waals surface area contributed by atoms with E-state index in [1.807, 2.05) is 48.5 Å². The quantitative estimate of drug-likeness (QED) is 0.486. The number of nitrogen functional groups attached to an aromatic ring is 1. The van der Waals surface area contributed by atoms with Crippen molar-refractivity contribution in [2.45, 2.75) is 5.25 Å². The van der Waals surface area contributed by atoms with Crippen LogP contribution in [-0.2, 0) is 0 Å². The lowest BCUT2D eigenvalue weighted by atomic mass is 10.1. The van der Waals surface area contributed by atoms with E-state index in [4.69, 9.17) is 5.73 Å². The van der Waals surface area contributed by atoms with Crippen molar-refractivity contribution in [2.24, 2.45) is 0 Å². The zero-order valence-electron chi connectivity index (χ0n) is 9.67. The van der Waals surface area contributed by atoms with Crippen LogP contribution < -0.4 is 5.73 Å². The number of anilines is 1. The second-order valence-corrected chi connectivity index (χ2v) is 4.69. The summed E-state index contributed by atoms with van der Waals surface area (Å²) in [5.41, 5.74) is 9.63. The number of nitrogens with two attached hydrogens (primary N) is 1. The smallest absolute Gasteiger partial charge is 0.124 e. The van der Waals surface area contributed by atoms with E-state index < -0.39 is 0 Å². The molecule has 1 unspecified atom stereocenters. The van der Waals surface area contributed by atoms with Crippen molar-refractivity contribution in [3.8, 4) is 0 Å². The van der Waals surface area contributed by atoms with Gasteiger partial charge in [-0.2, -0.15) is 12.6 Å². The first-order valence-corrected chi connectivity index (χ1v) is 6.24. The van der Waals surface area contributed by atoms with Crippen LogP contribution in [0.2, 0.25) is 0 Å². The average Bonchev–Trinajstić information content (AvgIpc) is 2.82. The normalized spacial score (nSPS) is 12.7. The van der Waals surface area contributed by atoms with Gasteiger partial charge in [-0.25, -0.2) is 4.98 Å². The Morgan fingerprint density at radius 2 is 1.78 bits per heavy atom. The van der Waals surface area contributed by atoms with Crippen molar-refractivity contribution in [3.05, 3.63) is 59.9 Å². The van der Waals surface area contributed by atoms with Gasteiger partial charge in [0.15, 0.2) is 0 Å². The zero-order valence-corrected chi connectivity index (χ0v) is 10.6. The molecule has 1 heterocycles. The highest BCUT2D eigenvalue weighted by Gasteiger charge is 2.15. The van der Waals surface area contributed by atoms with Crippen LogP contribution >= 0.6 is 12.6 Å². The Kier molecular flexibility index (Phi) is 2.72. The Morgan fingerprint density at radius 1 is 1.06 bits per heavy atom. The number of imidazole rings is 1. The number of thiol groups is 1. The monoisotopic (exact) mass is 255 g/mol. The lowest BCUT2D eigenvalue weighted by Gasteiger charge is -2.10. The van der Waals surface area contributed by atoms with Gasteiger partial charge in [-0.15, -0.1) is 0 Å². The molecule has 0 aliphatic rings. The molecule has 3 rings (SSSR count). The van der Waals surface area contributed by atoms with E-state index in [1.54, 1.807) is 0 Å². The largest absolute Gasteiger partial charge is 0.398 e. The van der Waals surface area contributed by atoms with Crippen LogP contribution in [0.15, 0.2) is 48.5 Å². The third kappa shape index (κ3) is 1.84. The molecule has 0 radical (unpaired) electrons. The van der Waals surface area contributed by atoms with Crippen molar-refractivity contribution < 1.29 is 0 Å². The predicted molar refractivity (Wildman–Crippen MR) is 77.8 cm³/mol. The van der Waals surface area contributed by atoms with E-state index in [2.05, 4.69) is 22.6 Å². The fraction of sp³-hybridized carbons (Fsp3) is 0.0714.